The highest BCUT2D eigenvalue weighted by atomic mass is 16.8. The van der Waals surface area contributed by atoms with Crippen molar-refractivity contribution in [3.8, 4) is 0 Å². The molecule has 468 valence electrons. The molecule has 0 aromatic heterocycles. The maximum atomic E-state index is 13.1. The second-order valence-corrected chi connectivity index (χ2v) is 20.4. The number of hydrogen-bond donors (Lipinski definition) is 21. The number of aliphatic hydroxyl groups excluding tert-OH is 17. The summed E-state index contributed by atoms with van der Waals surface area (Å²) in [6.07, 6.45) is -54.6. The first-order valence-corrected chi connectivity index (χ1v) is 25.6. The molecule has 31 atom stereocenters. The van der Waals surface area contributed by atoms with Gasteiger partial charge >= 0.3 is 5.97 Å². The van der Waals surface area contributed by atoms with Crippen LogP contribution in [0.15, 0.2) is 0 Å². The Balaban J connectivity index is 1.30. The van der Waals surface area contributed by atoms with Crippen LogP contribution < -0.4 is 16.0 Å². The molecule has 0 bridgehead atoms. The zero-order chi connectivity index (χ0) is 60.3. The molecular weight excluding hydrogens is 1110 g/mol. The number of ether oxygens (including phenoxy) is 11. The van der Waals surface area contributed by atoms with E-state index in [0.29, 0.717) is 0 Å². The third-order valence-corrected chi connectivity index (χ3v) is 14.5. The Labute approximate surface area is 459 Å². The molecule has 6 fully saturated rings. The number of nitrogens with one attached hydrogen (secondary N) is 3. The maximum absolute atomic E-state index is 13.1. The van der Waals surface area contributed by atoms with Gasteiger partial charge in [0.15, 0.2) is 31.5 Å². The van der Waals surface area contributed by atoms with Gasteiger partial charge in [0.1, 0.15) is 134 Å². The van der Waals surface area contributed by atoms with Gasteiger partial charge in [-0.05, 0) is 6.92 Å². The zero-order valence-electron chi connectivity index (χ0n) is 43.7. The Morgan fingerprint density at radius 3 is 1.57 bits per heavy atom. The van der Waals surface area contributed by atoms with Crippen molar-refractivity contribution in [2.75, 3.05) is 33.0 Å². The van der Waals surface area contributed by atoms with E-state index in [2.05, 4.69) is 16.0 Å². The van der Waals surface area contributed by atoms with Crippen LogP contribution in [0.4, 0.5) is 0 Å². The summed E-state index contributed by atoms with van der Waals surface area (Å²) in [7, 11) is 0. The highest BCUT2D eigenvalue weighted by Crippen LogP contribution is 2.40. The van der Waals surface area contributed by atoms with Crippen molar-refractivity contribution in [3.63, 3.8) is 0 Å². The van der Waals surface area contributed by atoms with Crippen LogP contribution in [0.25, 0.3) is 0 Å². The second-order valence-electron chi connectivity index (χ2n) is 20.4. The topological polar surface area (TPSA) is 570 Å². The molecule has 0 unspecified atom stereocenters. The molecule has 0 aromatic carbocycles. The number of rotatable bonds is 21. The monoisotopic (exact) mass is 1190 g/mol. The Morgan fingerprint density at radius 1 is 0.531 bits per heavy atom. The quantitative estimate of drug-likeness (QED) is 0.0507. The molecule has 0 radical (unpaired) electrons. The lowest BCUT2D eigenvalue weighted by Gasteiger charge is -2.51. The standard InChI is InChI=1S/C45H75N3O33/c1-11-24(58)29(63)31(65)41(72-11)79-37-23(48-14(4)55)40(76-19(9-52)34(37)77-42-32(66)30(64)26(60)17(7-50)74-42)71-10-20-28(62)35(22(39(68)73-20)47-13(3)54)78-43-33(67)38(27(61)18(8-51)75-43)81-45(44(69)70)5-15(56)21(46-12(2)53)36(80-45)25(59)16(57)6-49/h11,15-43,49-52,56-68H,5-10H2,1-4H3,(H,46,53)(H,47,54)(H,48,55)(H,69,70)/t11-,15-,16+,17+,18+,19+,20+,21+,22+,23+,24+,25+,26-,27-,28-,29+,30-,31-,32+,33+,34+,35+,36+,37+,38-,39-,40-,41-,42+,43+,45-/m0/s1. The van der Waals surface area contributed by atoms with E-state index in [1.807, 2.05) is 0 Å². The number of aliphatic carboxylic acids is 1. The molecular formula is C45H75N3O33. The average Bonchev–Trinajstić information content (AvgIpc) is 3.59. The number of carboxylic acid groups (broad SMARTS) is 1. The molecule has 0 aromatic rings. The molecule has 6 aliphatic heterocycles. The molecule has 0 saturated carbocycles. The van der Waals surface area contributed by atoms with Gasteiger partial charge in [-0.25, -0.2) is 4.79 Å². The Kier molecular flexibility index (Phi) is 23.4. The molecule has 6 heterocycles. The summed E-state index contributed by atoms with van der Waals surface area (Å²) in [5.41, 5.74) is 0. The molecule has 36 heteroatoms. The largest absolute Gasteiger partial charge is 0.477 e. The lowest BCUT2D eigenvalue weighted by Crippen LogP contribution is -2.71. The van der Waals surface area contributed by atoms with Crippen molar-refractivity contribution in [2.24, 2.45) is 0 Å². The fourth-order valence-corrected chi connectivity index (χ4v) is 10.3. The van der Waals surface area contributed by atoms with E-state index in [0.717, 1.165) is 20.8 Å². The summed E-state index contributed by atoms with van der Waals surface area (Å²) in [6, 6.07) is -5.25. The number of hydrogen-bond acceptors (Lipinski definition) is 32. The lowest BCUT2D eigenvalue weighted by molar-refractivity contribution is -0.383. The summed E-state index contributed by atoms with van der Waals surface area (Å²) in [4.78, 5) is 50.6. The predicted molar refractivity (Wildman–Crippen MR) is 250 cm³/mol. The van der Waals surface area contributed by atoms with Crippen LogP contribution in [0.5, 0.6) is 0 Å². The van der Waals surface area contributed by atoms with Crippen LogP contribution >= 0.6 is 0 Å². The minimum atomic E-state index is -3.22. The van der Waals surface area contributed by atoms with Gasteiger partial charge in [-0.15, -0.1) is 0 Å². The van der Waals surface area contributed by atoms with Crippen LogP contribution in [0.2, 0.25) is 0 Å². The molecule has 21 N–H and O–H groups in total. The van der Waals surface area contributed by atoms with Crippen LogP contribution in [0.1, 0.15) is 34.1 Å². The number of carboxylic acids is 1. The van der Waals surface area contributed by atoms with Crippen molar-refractivity contribution in [2.45, 2.75) is 224 Å². The molecule has 3 amide bonds. The third kappa shape index (κ3) is 14.7. The smallest absolute Gasteiger partial charge is 0.364 e. The molecule has 0 aliphatic carbocycles. The fraction of sp³-hybridized carbons (Fsp3) is 0.911. The Bertz CT molecular complexity index is 2070. The molecule has 6 rings (SSSR count). The van der Waals surface area contributed by atoms with E-state index in [4.69, 9.17) is 52.1 Å². The lowest BCUT2D eigenvalue weighted by atomic mass is 9.88. The zero-order valence-corrected chi connectivity index (χ0v) is 43.7. The highest BCUT2D eigenvalue weighted by molar-refractivity contribution is 5.77. The van der Waals surface area contributed by atoms with E-state index < -0.39 is 253 Å². The summed E-state index contributed by atoms with van der Waals surface area (Å²) in [5, 5.41) is 201. The number of carbonyl (C=O) groups excluding carboxylic acids is 3. The highest BCUT2D eigenvalue weighted by Gasteiger charge is 2.61. The van der Waals surface area contributed by atoms with E-state index in [1.54, 1.807) is 0 Å². The first-order chi connectivity index (χ1) is 38.0. The van der Waals surface area contributed by atoms with Gasteiger partial charge in [-0.1, -0.05) is 0 Å². The van der Waals surface area contributed by atoms with E-state index >= 15 is 0 Å². The average molecular weight is 1190 g/mol. The normalized spacial score (nSPS) is 46.7. The first kappa shape index (κ1) is 66.9. The van der Waals surface area contributed by atoms with Crippen molar-refractivity contribution < 1.29 is 163 Å². The summed E-state index contributed by atoms with van der Waals surface area (Å²) >= 11 is 0. The van der Waals surface area contributed by atoms with Gasteiger partial charge in [-0.3, -0.25) is 14.4 Å². The predicted octanol–water partition coefficient (Wildman–Crippen LogP) is -13.4. The number of carbonyl (C=O) groups is 4. The van der Waals surface area contributed by atoms with Crippen molar-refractivity contribution in [1.29, 1.82) is 0 Å². The van der Waals surface area contributed by atoms with Crippen molar-refractivity contribution in [3.05, 3.63) is 0 Å². The van der Waals surface area contributed by atoms with Gasteiger partial charge in [0, 0.05) is 27.2 Å². The second kappa shape index (κ2) is 28.3. The molecule has 81 heavy (non-hydrogen) atoms. The van der Waals surface area contributed by atoms with Crippen LogP contribution in [-0.4, -0.2) is 338 Å². The third-order valence-electron chi connectivity index (χ3n) is 14.5. The summed E-state index contributed by atoms with van der Waals surface area (Å²) in [6.45, 7) is -0.963. The maximum Gasteiger partial charge on any atom is 0.364 e. The van der Waals surface area contributed by atoms with E-state index in [-0.39, 0.29) is 0 Å². The van der Waals surface area contributed by atoms with Gasteiger partial charge in [0.2, 0.25) is 17.7 Å². The Morgan fingerprint density at radius 2 is 1.01 bits per heavy atom. The van der Waals surface area contributed by atoms with Crippen LogP contribution in [0.3, 0.4) is 0 Å². The minimum Gasteiger partial charge on any atom is -0.477 e. The first-order valence-electron chi connectivity index (χ1n) is 25.6. The van der Waals surface area contributed by atoms with E-state index in [9.17, 15) is 111 Å². The fourth-order valence-electron chi connectivity index (χ4n) is 10.3. The summed E-state index contributed by atoms with van der Waals surface area (Å²) < 4.78 is 63.9. The number of aliphatic hydroxyl groups is 17. The van der Waals surface area contributed by atoms with Gasteiger partial charge in [0.05, 0.1) is 51.3 Å². The van der Waals surface area contributed by atoms with Crippen molar-refractivity contribution in [1.82, 2.24) is 16.0 Å². The summed E-state index contributed by atoms with van der Waals surface area (Å²) in [5.74, 6) is -7.88. The molecule has 6 saturated heterocycles. The van der Waals surface area contributed by atoms with Crippen LogP contribution in [-0.2, 0) is 71.3 Å². The van der Waals surface area contributed by atoms with Gasteiger partial charge in [-0.2, -0.15) is 0 Å². The van der Waals surface area contributed by atoms with Crippen molar-refractivity contribution >= 4 is 23.7 Å². The van der Waals surface area contributed by atoms with Gasteiger partial charge in [0.25, 0.3) is 5.79 Å². The molecule has 36 nitrogen and oxygen atoms in total. The minimum absolute atomic E-state index is 0.831. The van der Waals surface area contributed by atoms with Gasteiger partial charge < -0.3 is 160 Å². The molecule has 6 aliphatic rings. The van der Waals surface area contributed by atoms with E-state index in [1.165, 1.54) is 6.92 Å². The Hall–Kier alpha value is -3.24. The van der Waals surface area contributed by atoms with Crippen LogP contribution in [0, 0.1) is 0 Å². The number of amides is 3. The SMILES string of the molecule is CC(=O)N[C@@H]1[C@@H](O[C@H]2O[C@H](CO)[C@H](O)[C@H](O[C@]3(C(=O)O)C[C@H](O)[C@@H](NC(C)=O)[C@H]([C@H](O)[C@H](O)CO)O3)[C@H]2O)[C@@H](O)[C@@H](CO[C@H]2O[C@H](CO)[C@@H](O[C@H]3O[C@H](CO)[C@H](O)[C@H](O)[C@H]3O)[C@H](O[C@@H]3O[C@@H](C)[C@@H](O)[C@@H](O)[C@@H]3O)[C@H]2NC(C)=O)O[C@@H]1O. The molecule has 0 spiro atoms.